The van der Waals surface area contributed by atoms with Crippen molar-refractivity contribution in [2.24, 2.45) is 0 Å². The standard InChI is InChI=1S/C24H38BrClN2O5Si/c1-22(2,3)32-21(30)28-14-16(13-24(28,7)20(29)31-8)27-19-17(25)11-15(26)12-18(19)33-34(9,10)23(4,5)6/h11-12,16,27H,13-14H2,1-10H3/t16-,24+/m0/s1. The van der Waals surface area contributed by atoms with Gasteiger partial charge in [-0.15, -0.1) is 0 Å². The molecule has 0 aliphatic carbocycles. The van der Waals surface area contributed by atoms with Gasteiger partial charge in [0, 0.05) is 28.5 Å². The van der Waals surface area contributed by atoms with Crippen LogP contribution in [-0.4, -0.2) is 56.1 Å². The predicted molar refractivity (Wildman–Crippen MR) is 142 cm³/mol. The third-order valence-electron chi connectivity index (χ3n) is 6.42. The average molecular weight is 578 g/mol. The van der Waals surface area contributed by atoms with Crippen LogP contribution in [0.5, 0.6) is 5.75 Å². The van der Waals surface area contributed by atoms with Gasteiger partial charge >= 0.3 is 12.1 Å². The third-order valence-corrected chi connectivity index (χ3v) is 11.6. The van der Waals surface area contributed by atoms with Crippen molar-refractivity contribution in [1.82, 2.24) is 4.90 Å². The largest absolute Gasteiger partial charge is 0.542 e. The van der Waals surface area contributed by atoms with E-state index in [1.807, 2.05) is 0 Å². The van der Waals surface area contributed by atoms with Gasteiger partial charge in [0.2, 0.25) is 0 Å². The normalized spacial score (nSPS) is 21.3. The highest BCUT2D eigenvalue weighted by molar-refractivity contribution is 9.10. The Balaban J connectivity index is 2.41. The van der Waals surface area contributed by atoms with E-state index in [2.05, 4.69) is 55.1 Å². The predicted octanol–water partition coefficient (Wildman–Crippen LogP) is 6.84. The molecule has 0 spiro atoms. The maximum Gasteiger partial charge on any atom is 0.411 e. The second-order valence-corrected chi connectivity index (χ2v) is 17.5. The first-order valence-corrected chi connectivity index (χ1v) is 15.4. The highest BCUT2D eigenvalue weighted by Gasteiger charge is 2.52. The second kappa shape index (κ2) is 9.89. The Morgan fingerprint density at radius 1 is 1.21 bits per heavy atom. The molecule has 192 valence electrons. The van der Waals surface area contributed by atoms with Crippen molar-refractivity contribution >= 4 is 53.6 Å². The molecule has 2 rings (SSSR count). The van der Waals surface area contributed by atoms with Gasteiger partial charge in [-0.1, -0.05) is 32.4 Å². The molecule has 1 fully saturated rings. The molecule has 10 heteroatoms. The molecule has 1 amide bonds. The number of esters is 1. The Morgan fingerprint density at radius 2 is 1.79 bits per heavy atom. The molecule has 1 heterocycles. The van der Waals surface area contributed by atoms with E-state index < -0.39 is 31.5 Å². The molecule has 1 aromatic rings. The molecule has 0 aromatic heterocycles. The molecular formula is C24H38BrClN2O5Si. The van der Waals surface area contributed by atoms with Crippen LogP contribution in [0.3, 0.4) is 0 Å². The topological polar surface area (TPSA) is 77.1 Å². The van der Waals surface area contributed by atoms with Crippen LogP contribution >= 0.6 is 27.5 Å². The fourth-order valence-electron chi connectivity index (χ4n) is 3.58. The highest BCUT2D eigenvalue weighted by atomic mass is 79.9. The van der Waals surface area contributed by atoms with Crippen LogP contribution in [0.2, 0.25) is 23.2 Å². The summed E-state index contributed by atoms with van der Waals surface area (Å²) >= 11 is 9.97. The monoisotopic (exact) mass is 576 g/mol. The van der Waals surface area contributed by atoms with Gasteiger partial charge in [0.1, 0.15) is 16.9 Å². The number of anilines is 1. The van der Waals surface area contributed by atoms with Gasteiger partial charge in [-0.05, 0) is 73.9 Å². The summed E-state index contributed by atoms with van der Waals surface area (Å²) in [5.41, 5.74) is -1.13. The van der Waals surface area contributed by atoms with Crippen molar-refractivity contribution in [2.45, 2.75) is 90.2 Å². The number of likely N-dealkylation sites (tertiary alicyclic amines) is 1. The van der Waals surface area contributed by atoms with Crippen molar-refractivity contribution in [3.8, 4) is 5.75 Å². The minimum atomic E-state index is -2.17. The molecule has 1 aliphatic rings. The van der Waals surface area contributed by atoms with Crippen LogP contribution in [-0.2, 0) is 14.3 Å². The third kappa shape index (κ3) is 6.40. The quantitative estimate of drug-likeness (QED) is 0.305. The zero-order valence-corrected chi connectivity index (χ0v) is 25.2. The lowest BCUT2D eigenvalue weighted by Gasteiger charge is -2.37. The van der Waals surface area contributed by atoms with Gasteiger partial charge in [-0.2, -0.15) is 0 Å². The van der Waals surface area contributed by atoms with Gasteiger partial charge in [0.25, 0.3) is 8.32 Å². The number of halogens is 2. The lowest BCUT2D eigenvalue weighted by molar-refractivity contribution is -0.152. The summed E-state index contributed by atoms with van der Waals surface area (Å²) in [7, 11) is -0.845. The van der Waals surface area contributed by atoms with Gasteiger partial charge in [0.05, 0.1) is 12.8 Å². The summed E-state index contributed by atoms with van der Waals surface area (Å²) in [4.78, 5) is 27.2. The Labute approximate surface area is 218 Å². The van der Waals surface area contributed by atoms with Gasteiger partial charge in [0.15, 0.2) is 0 Å². The summed E-state index contributed by atoms with van der Waals surface area (Å²) in [5, 5.41) is 4.03. The van der Waals surface area contributed by atoms with E-state index in [1.165, 1.54) is 12.0 Å². The summed E-state index contributed by atoms with van der Waals surface area (Å²) in [6, 6.07) is 3.34. The molecule has 2 atom stereocenters. The van der Waals surface area contributed by atoms with E-state index in [-0.39, 0.29) is 17.6 Å². The van der Waals surface area contributed by atoms with E-state index in [4.69, 9.17) is 25.5 Å². The van der Waals surface area contributed by atoms with Crippen molar-refractivity contribution in [1.29, 1.82) is 0 Å². The number of hydrogen-bond donors (Lipinski definition) is 1. The number of methoxy groups -OCH3 is 1. The highest BCUT2D eigenvalue weighted by Crippen LogP contribution is 2.44. The maximum atomic E-state index is 13.0. The van der Waals surface area contributed by atoms with E-state index >= 15 is 0 Å². The van der Waals surface area contributed by atoms with Crippen molar-refractivity contribution in [3.05, 3.63) is 21.6 Å². The Hall–Kier alpha value is -1.45. The number of amides is 1. The van der Waals surface area contributed by atoms with E-state index in [1.54, 1.807) is 39.8 Å². The van der Waals surface area contributed by atoms with Crippen LogP contribution in [0.25, 0.3) is 0 Å². The zero-order valence-electron chi connectivity index (χ0n) is 21.9. The molecule has 1 saturated heterocycles. The lowest BCUT2D eigenvalue weighted by Crippen LogP contribution is -2.52. The van der Waals surface area contributed by atoms with Gasteiger partial charge < -0.3 is 19.2 Å². The first-order valence-electron chi connectivity index (χ1n) is 11.3. The number of benzene rings is 1. The zero-order chi connectivity index (χ0) is 26.3. The second-order valence-electron chi connectivity index (χ2n) is 11.5. The van der Waals surface area contributed by atoms with Gasteiger partial charge in [-0.3, -0.25) is 4.90 Å². The number of nitrogens with one attached hydrogen (secondary N) is 1. The average Bonchev–Trinajstić information content (AvgIpc) is 2.99. The van der Waals surface area contributed by atoms with E-state index in [9.17, 15) is 9.59 Å². The molecular weight excluding hydrogens is 540 g/mol. The first-order chi connectivity index (χ1) is 15.3. The van der Waals surface area contributed by atoms with Crippen molar-refractivity contribution in [3.63, 3.8) is 0 Å². The smallest absolute Gasteiger partial charge is 0.411 e. The van der Waals surface area contributed by atoms with Crippen LogP contribution in [0, 0.1) is 0 Å². The minimum Gasteiger partial charge on any atom is -0.542 e. The molecule has 1 N–H and O–H groups in total. The summed E-state index contributed by atoms with van der Waals surface area (Å²) in [6.45, 7) is 18.2. The molecule has 1 aliphatic heterocycles. The lowest BCUT2D eigenvalue weighted by atomic mass is 9.97. The molecule has 0 bridgehead atoms. The van der Waals surface area contributed by atoms with Crippen molar-refractivity contribution < 1.29 is 23.5 Å². The summed E-state index contributed by atoms with van der Waals surface area (Å²) in [5.74, 6) is 0.150. The van der Waals surface area contributed by atoms with Crippen LogP contribution in [0.1, 0.15) is 54.9 Å². The molecule has 0 radical (unpaired) electrons. The molecule has 0 saturated carbocycles. The van der Waals surface area contributed by atoms with E-state index in [0.29, 0.717) is 17.2 Å². The van der Waals surface area contributed by atoms with Crippen molar-refractivity contribution in [2.75, 3.05) is 19.0 Å². The Kier molecular flexibility index (Phi) is 8.38. The number of carbonyl (C=O) groups excluding carboxylic acids is 2. The van der Waals surface area contributed by atoms with Crippen LogP contribution < -0.4 is 9.74 Å². The molecule has 0 unspecified atom stereocenters. The van der Waals surface area contributed by atoms with E-state index in [0.717, 1.165) is 10.2 Å². The fraction of sp³-hybridized carbons (Fsp3) is 0.667. The number of rotatable bonds is 5. The summed E-state index contributed by atoms with van der Waals surface area (Å²) < 4.78 is 18.0. The molecule has 1 aromatic carbocycles. The maximum absolute atomic E-state index is 13.0. The fourth-order valence-corrected chi connectivity index (χ4v) is 5.50. The van der Waals surface area contributed by atoms with Gasteiger partial charge in [-0.25, -0.2) is 9.59 Å². The number of carbonyl (C=O) groups is 2. The SMILES string of the molecule is COC(=O)[C@@]1(C)C[C@H](Nc2c(Br)cc(Cl)cc2O[Si](C)(C)C(C)(C)C)CN1C(=O)OC(C)(C)C. The first kappa shape index (κ1) is 28.8. The number of hydrogen-bond acceptors (Lipinski definition) is 6. The number of nitrogens with zero attached hydrogens (tertiary/aromatic N) is 1. The van der Waals surface area contributed by atoms with Crippen LogP contribution in [0.15, 0.2) is 16.6 Å². The minimum absolute atomic E-state index is 0.0105. The number of ether oxygens (including phenoxy) is 2. The molecule has 34 heavy (non-hydrogen) atoms. The Bertz CT molecular complexity index is 945. The molecule has 7 nitrogen and oxygen atoms in total. The Morgan fingerprint density at radius 3 is 2.29 bits per heavy atom. The summed E-state index contributed by atoms with van der Waals surface area (Å²) in [6.07, 6.45) is -0.217. The van der Waals surface area contributed by atoms with Crippen LogP contribution in [0.4, 0.5) is 10.5 Å².